The van der Waals surface area contributed by atoms with Gasteiger partial charge in [-0.15, -0.1) is 11.3 Å². The van der Waals surface area contributed by atoms with Crippen LogP contribution in [0.1, 0.15) is 37.6 Å². The Hall–Kier alpha value is -0.870. The maximum atomic E-state index is 11.6. The summed E-state index contributed by atoms with van der Waals surface area (Å²) in [5, 5.41) is 5.49. The van der Waals surface area contributed by atoms with E-state index in [0.29, 0.717) is 18.6 Å². The molecule has 94 valence electrons. The van der Waals surface area contributed by atoms with E-state index >= 15 is 0 Å². The van der Waals surface area contributed by atoms with Crippen LogP contribution in [0.2, 0.25) is 0 Å². The zero-order chi connectivity index (χ0) is 12.3. The van der Waals surface area contributed by atoms with E-state index in [2.05, 4.69) is 22.8 Å². The molecule has 1 aromatic rings. The summed E-state index contributed by atoms with van der Waals surface area (Å²) in [6, 6.07) is 4.28. The third-order valence-electron chi connectivity index (χ3n) is 3.01. The summed E-state index contributed by atoms with van der Waals surface area (Å²) in [5.41, 5.74) is 0. The first-order valence-electron chi connectivity index (χ1n) is 6.18. The Morgan fingerprint density at radius 2 is 2.41 bits per heavy atom. The zero-order valence-electron chi connectivity index (χ0n) is 10.3. The Labute approximate surface area is 106 Å². The average molecular weight is 253 g/mol. The Kier molecular flexibility index (Phi) is 4.18. The summed E-state index contributed by atoms with van der Waals surface area (Å²) in [5.74, 6) is 0.528. The average Bonchev–Trinajstić information content (AvgIpc) is 3.01. The highest BCUT2D eigenvalue weighted by Gasteiger charge is 2.34. The van der Waals surface area contributed by atoms with E-state index in [0.717, 1.165) is 0 Å². The van der Waals surface area contributed by atoms with Crippen LogP contribution in [0.25, 0.3) is 0 Å². The molecule has 1 heterocycles. The highest BCUT2D eigenvalue weighted by molar-refractivity contribution is 7.10. The molecule has 1 aromatic heterocycles. The first-order chi connectivity index (χ1) is 8.22. The van der Waals surface area contributed by atoms with E-state index in [1.807, 2.05) is 13.8 Å². The number of hydrogen-bond donors (Lipinski definition) is 1. The van der Waals surface area contributed by atoms with Crippen molar-refractivity contribution in [3.8, 4) is 0 Å². The molecule has 0 radical (unpaired) electrons. The second-order valence-electron chi connectivity index (χ2n) is 4.47. The van der Waals surface area contributed by atoms with Crippen LogP contribution in [-0.4, -0.2) is 18.6 Å². The predicted octanol–water partition coefficient (Wildman–Crippen LogP) is 2.74. The molecule has 17 heavy (non-hydrogen) atoms. The van der Waals surface area contributed by atoms with Crippen LogP contribution in [0.4, 0.5) is 0 Å². The van der Waals surface area contributed by atoms with Gasteiger partial charge >= 0.3 is 5.97 Å². The molecule has 2 rings (SSSR count). The monoisotopic (exact) mass is 253 g/mol. The number of esters is 1. The van der Waals surface area contributed by atoms with Gasteiger partial charge < -0.3 is 4.74 Å². The fourth-order valence-corrected chi connectivity index (χ4v) is 2.83. The van der Waals surface area contributed by atoms with Crippen molar-refractivity contribution in [2.75, 3.05) is 6.61 Å². The largest absolute Gasteiger partial charge is 0.465 e. The van der Waals surface area contributed by atoms with Gasteiger partial charge in [-0.25, -0.2) is 0 Å². The molecule has 2 atom stereocenters. The lowest BCUT2D eigenvalue weighted by molar-refractivity contribution is -0.145. The van der Waals surface area contributed by atoms with Crippen molar-refractivity contribution in [2.45, 2.75) is 38.8 Å². The number of nitrogens with one attached hydrogen (secondary N) is 1. The Balaban J connectivity index is 1.96. The Bertz CT molecular complexity index is 360. The van der Waals surface area contributed by atoms with Gasteiger partial charge in [-0.1, -0.05) is 6.07 Å². The number of thiophene rings is 1. The van der Waals surface area contributed by atoms with Crippen molar-refractivity contribution in [1.29, 1.82) is 0 Å². The molecule has 1 aliphatic carbocycles. The van der Waals surface area contributed by atoms with E-state index < -0.39 is 0 Å². The topological polar surface area (TPSA) is 38.3 Å². The molecule has 1 N–H and O–H groups in total. The van der Waals surface area contributed by atoms with E-state index in [1.165, 1.54) is 17.7 Å². The third-order valence-corrected chi connectivity index (χ3v) is 3.97. The Morgan fingerprint density at radius 3 is 2.94 bits per heavy atom. The molecule has 0 amide bonds. The fraction of sp³-hybridized carbons (Fsp3) is 0.615. The number of carbonyl (C=O) groups excluding carboxylic acids is 1. The minimum Gasteiger partial charge on any atom is -0.465 e. The van der Waals surface area contributed by atoms with Crippen LogP contribution in [0, 0.1) is 5.92 Å². The van der Waals surface area contributed by atoms with Crippen LogP contribution in [0.3, 0.4) is 0 Å². The third kappa shape index (κ3) is 3.30. The molecular weight excluding hydrogens is 234 g/mol. The summed E-state index contributed by atoms with van der Waals surface area (Å²) in [4.78, 5) is 12.9. The van der Waals surface area contributed by atoms with Crippen molar-refractivity contribution in [2.24, 2.45) is 5.92 Å². The van der Waals surface area contributed by atoms with Crippen LogP contribution in [-0.2, 0) is 9.53 Å². The predicted molar refractivity (Wildman–Crippen MR) is 69.0 cm³/mol. The molecule has 1 saturated carbocycles. The number of carbonyl (C=O) groups is 1. The van der Waals surface area contributed by atoms with Gasteiger partial charge in [0.2, 0.25) is 0 Å². The van der Waals surface area contributed by atoms with Gasteiger partial charge in [-0.2, -0.15) is 0 Å². The summed E-state index contributed by atoms with van der Waals surface area (Å²) < 4.78 is 5.02. The summed E-state index contributed by atoms with van der Waals surface area (Å²) >= 11 is 1.75. The first-order valence-corrected chi connectivity index (χ1v) is 7.06. The molecule has 1 fully saturated rings. The maximum Gasteiger partial charge on any atom is 0.322 e. The molecule has 0 aliphatic heterocycles. The van der Waals surface area contributed by atoms with E-state index in [9.17, 15) is 4.79 Å². The molecular formula is C13H19NO2S. The number of rotatable bonds is 6. The highest BCUT2D eigenvalue weighted by Crippen LogP contribution is 2.42. The van der Waals surface area contributed by atoms with Crippen molar-refractivity contribution in [1.82, 2.24) is 5.32 Å². The molecule has 0 aromatic carbocycles. The highest BCUT2D eigenvalue weighted by atomic mass is 32.1. The first kappa shape index (κ1) is 12.6. The van der Waals surface area contributed by atoms with Gasteiger partial charge in [-0.3, -0.25) is 10.1 Å². The summed E-state index contributed by atoms with van der Waals surface area (Å²) in [7, 11) is 0. The lowest BCUT2D eigenvalue weighted by Crippen LogP contribution is -2.38. The van der Waals surface area contributed by atoms with Crippen molar-refractivity contribution in [3.63, 3.8) is 0 Å². The number of ether oxygens (including phenoxy) is 1. The molecule has 0 spiro atoms. The molecule has 0 saturated heterocycles. The van der Waals surface area contributed by atoms with Crippen molar-refractivity contribution in [3.05, 3.63) is 22.4 Å². The van der Waals surface area contributed by atoms with Gasteiger partial charge in [0.1, 0.15) is 6.04 Å². The van der Waals surface area contributed by atoms with Gasteiger partial charge in [0.15, 0.2) is 0 Å². The van der Waals surface area contributed by atoms with Crippen molar-refractivity contribution >= 4 is 17.3 Å². The molecule has 1 aliphatic rings. The SMILES string of the molecule is CCOC(=O)C(C)NC(c1cccs1)C1CC1. The zero-order valence-corrected chi connectivity index (χ0v) is 11.1. The molecule has 4 heteroatoms. The van der Waals surface area contributed by atoms with Crippen LogP contribution < -0.4 is 5.32 Å². The van der Waals surface area contributed by atoms with Crippen LogP contribution in [0.15, 0.2) is 17.5 Å². The molecule has 0 bridgehead atoms. The smallest absolute Gasteiger partial charge is 0.322 e. The normalized spacial score (nSPS) is 18.7. The minimum absolute atomic E-state index is 0.158. The molecule has 3 nitrogen and oxygen atoms in total. The van der Waals surface area contributed by atoms with E-state index in [-0.39, 0.29) is 12.0 Å². The quantitative estimate of drug-likeness (QED) is 0.792. The van der Waals surface area contributed by atoms with Crippen LogP contribution in [0.5, 0.6) is 0 Å². The molecule has 2 unspecified atom stereocenters. The Morgan fingerprint density at radius 1 is 1.65 bits per heavy atom. The lowest BCUT2D eigenvalue weighted by atomic mass is 10.1. The van der Waals surface area contributed by atoms with Gasteiger partial charge in [0.05, 0.1) is 6.61 Å². The lowest BCUT2D eigenvalue weighted by Gasteiger charge is -2.21. The second-order valence-corrected chi connectivity index (χ2v) is 5.45. The minimum atomic E-state index is -0.234. The van der Waals surface area contributed by atoms with E-state index in [4.69, 9.17) is 4.74 Å². The standard InChI is InChI=1S/C13H19NO2S/c1-3-16-13(15)9(2)14-12(10-6-7-10)11-5-4-8-17-11/h4-5,8-10,12,14H,3,6-7H2,1-2H3. The van der Waals surface area contributed by atoms with Gasteiger partial charge in [-0.05, 0) is 44.1 Å². The van der Waals surface area contributed by atoms with E-state index in [1.54, 1.807) is 11.3 Å². The summed E-state index contributed by atoms with van der Waals surface area (Å²) in [6.45, 7) is 4.15. The van der Waals surface area contributed by atoms with Crippen molar-refractivity contribution < 1.29 is 9.53 Å². The van der Waals surface area contributed by atoms with Gasteiger partial charge in [0, 0.05) is 10.9 Å². The summed E-state index contributed by atoms with van der Waals surface area (Å²) in [6.07, 6.45) is 2.51. The van der Waals surface area contributed by atoms with Crippen LogP contribution >= 0.6 is 11.3 Å². The van der Waals surface area contributed by atoms with Gasteiger partial charge in [0.25, 0.3) is 0 Å². The second kappa shape index (κ2) is 5.65. The number of hydrogen-bond acceptors (Lipinski definition) is 4. The fourth-order valence-electron chi connectivity index (χ4n) is 1.95. The maximum absolute atomic E-state index is 11.6.